The highest BCUT2D eigenvalue weighted by Gasteiger charge is 2.13. The van der Waals surface area contributed by atoms with Gasteiger partial charge in [-0.3, -0.25) is 4.79 Å². The van der Waals surface area contributed by atoms with E-state index in [0.29, 0.717) is 10.3 Å². The number of pyridine rings is 1. The fourth-order valence-corrected chi connectivity index (χ4v) is 2.54. The molecule has 0 saturated heterocycles. The second kappa shape index (κ2) is 5.57. The van der Waals surface area contributed by atoms with Crippen LogP contribution in [0.5, 0.6) is 0 Å². The van der Waals surface area contributed by atoms with Gasteiger partial charge in [-0.15, -0.1) is 5.10 Å². The quantitative estimate of drug-likeness (QED) is 0.683. The molecule has 0 fully saturated rings. The van der Waals surface area contributed by atoms with Gasteiger partial charge in [0.15, 0.2) is 5.82 Å². The molecule has 7 heteroatoms. The smallest absolute Gasteiger partial charge is 0.259 e. The van der Waals surface area contributed by atoms with Gasteiger partial charge in [-0.2, -0.15) is 0 Å². The maximum absolute atomic E-state index is 13.7. The van der Waals surface area contributed by atoms with Crippen LogP contribution < -0.4 is 5.32 Å². The van der Waals surface area contributed by atoms with E-state index in [0.717, 1.165) is 9.99 Å². The lowest BCUT2D eigenvalue weighted by atomic mass is 10.2. The minimum atomic E-state index is -0.589. The molecular weight excluding hydrogens is 405 g/mol. The molecule has 0 aliphatic heterocycles. The third kappa shape index (κ3) is 2.98. The van der Waals surface area contributed by atoms with Crippen LogP contribution in [0.4, 0.5) is 10.2 Å². The van der Waals surface area contributed by atoms with Crippen molar-refractivity contribution < 1.29 is 9.18 Å². The van der Waals surface area contributed by atoms with Gasteiger partial charge < -0.3 is 5.32 Å². The molecule has 1 aromatic carbocycles. The lowest BCUT2D eigenvalue weighted by Crippen LogP contribution is -2.14. The number of hydrogen-bond acceptors (Lipinski definition) is 2. The fourth-order valence-electron chi connectivity index (χ4n) is 1.88. The van der Waals surface area contributed by atoms with E-state index in [-0.39, 0.29) is 5.56 Å². The molecule has 0 radical (unpaired) electrons. The zero-order valence-corrected chi connectivity index (χ0v) is 13.7. The maximum atomic E-state index is 13.7. The minimum absolute atomic E-state index is 0.0311. The van der Waals surface area contributed by atoms with E-state index < -0.39 is 11.7 Å². The molecule has 2 aromatic heterocycles. The van der Waals surface area contributed by atoms with Crippen molar-refractivity contribution in [3.8, 4) is 0 Å². The summed E-state index contributed by atoms with van der Waals surface area (Å²) in [7, 11) is 0. The first-order valence-corrected chi connectivity index (χ1v) is 7.53. The highest BCUT2D eigenvalue weighted by Crippen LogP contribution is 2.18. The van der Waals surface area contributed by atoms with E-state index >= 15 is 0 Å². The number of amides is 1. The highest BCUT2D eigenvalue weighted by atomic mass is 79.9. The molecular formula is C14H8Br2FN3O. The van der Waals surface area contributed by atoms with Crippen molar-refractivity contribution in [1.82, 2.24) is 9.61 Å². The van der Waals surface area contributed by atoms with Gasteiger partial charge in [0.1, 0.15) is 5.82 Å². The third-order valence-electron chi connectivity index (χ3n) is 2.84. The Morgan fingerprint density at radius 3 is 2.67 bits per heavy atom. The Balaban J connectivity index is 1.89. The number of carbonyl (C=O) groups is 1. The number of hydrogen-bond donors (Lipinski definition) is 1. The zero-order chi connectivity index (χ0) is 15.0. The van der Waals surface area contributed by atoms with Gasteiger partial charge >= 0.3 is 0 Å². The molecule has 0 bridgehead atoms. The van der Waals surface area contributed by atoms with E-state index in [9.17, 15) is 9.18 Å². The molecule has 4 nitrogen and oxygen atoms in total. The first kappa shape index (κ1) is 14.2. The lowest BCUT2D eigenvalue weighted by molar-refractivity contribution is 0.102. The predicted octanol–water partition coefficient (Wildman–Crippen LogP) is 4.25. The zero-order valence-electron chi connectivity index (χ0n) is 10.5. The fraction of sp³-hybridized carbons (Fsp3) is 0. The van der Waals surface area contributed by atoms with E-state index in [1.165, 1.54) is 12.1 Å². The van der Waals surface area contributed by atoms with Crippen molar-refractivity contribution in [2.45, 2.75) is 0 Å². The molecule has 0 unspecified atom stereocenters. The van der Waals surface area contributed by atoms with Gasteiger partial charge in [0, 0.05) is 21.2 Å². The topological polar surface area (TPSA) is 46.4 Å². The Morgan fingerprint density at radius 2 is 1.90 bits per heavy atom. The molecule has 21 heavy (non-hydrogen) atoms. The lowest BCUT2D eigenvalue weighted by Gasteiger charge is -2.03. The Bertz CT molecular complexity index is 847. The van der Waals surface area contributed by atoms with Crippen LogP contribution in [-0.4, -0.2) is 15.5 Å². The Kier molecular flexibility index (Phi) is 3.77. The molecule has 1 N–H and O–H groups in total. The number of anilines is 1. The minimum Gasteiger partial charge on any atom is -0.305 e. The van der Waals surface area contributed by atoms with Crippen LogP contribution in [0.1, 0.15) is 10.4 Å². The van der Waals surface area contributed by atoms with Crippen LogP contribution in [0, 0.1) is 5.82 Å². The molecule has 3 rings (SSSR count). The summed E-state index contributed by atoms with van der Waals surface area (Å²) < 4.78 is 16.8. The van der Waals surface area contributed by atoms with Gasteiger partial charge in [0.2, 0.25) is 0 Å². The SMILES string of the molecule is O=C(Nc1cc2ccc(Br)cn2n1)c1ccc(Br)cc1F. The average Bonchev–Trinajstić information content (AvgIpc) is 2.79. The van der Waals surface area contributed by atoms with Crippen molar-refractivity contribution in [2.24, 2.45) is 0 Å². The Hall–Kier alpha value is -1.73. The average molecular weight is 413 g/mol. The monoisotopic (exact) mass is 411 g/mol. The first-order chi connectivity index (χ1) is 10.0. The number of rotatable bonds is 2. The predicted molar refractivity (Wildman–Crippen MR) is 84.9 cm³/mol. The van der Waals surface area contributed by atoms with Crippen LogP contribution in [0.2, 0.25) is 0 Å². The molecule has 1 amide bonds. The van der Waals surface area contributed by atoms with E-state index in [4.69, 9.17) is 0 Å². The molecule has 3 aromatic rings. The van der Waals surface area contributed by atoms with Crippen molar-refractivity contribution in [2.75, 3.05) is 5.32 Å². The van der Waals surface area contributed by atoms with Gasteiger partial charge in [-0.1, -0.05) is 15.9 Å². The molecule has 2 heterocycles. The summed E-state index contributed by atoms with van der Waals surface area (Å²) in [5, 5.41) is 6.80. The number of nitrogens with zero attached hydrogens (tertiary/aromatic N) is 2. The summed E-state index contributed by atoms with van der Waals surface area (Å²) in [6, 6.07) is 9.71. The summed E-state index contributed by atoms with van der Waals surface area (Å²) in [4.78, 5) is 12.1. The van der Waals surface area contributed by atoms with Crippen LogP contribution >= 0.6 is 31.9 Å². The summed E-state index contributed by atoms with van der Waals surface area (Å²) in [5.41, 5.74) is 0.793. The number of aromatic nitrogens is 2. The summed E-state index contributed by atoms with van der Waals surface area (Å²) in [6.07, 6.45) is 1.77. The second-order valence-electron chi connectivity index (χ2n) is 4.32. The van der Waals surface area contributed by atoms with E-state index in [2.05, 4.69) is 42.3 Å². The molecule has 0 saturated carbocycles. The Labute approximate surface area is 136 Å². The number of carbonyl (C=O) groups excluding carboxylic acids is 1. The normalized spacial score (nSPS) is 10.8. The van der Waals surface area contributed by atoms with Crippen molar-refractivity contribution >= 4 is 49.1 Å². The van der Waals surface area contributed by atoms with Crippen molar-refractivity contribution in [3.63, 3.8) is 0 Å². The van der Waals surface area contributed by atoms with Crippen LogP contribution in [-0.2, 0) is 0 Å². The van der Waals surface area contributed by atoms with Gasteiger partial charge in [0.25, 0.3) is 5.91 Å². The number of fused-ring (bicyclic) bond motifs is 1. The summed E-state index contributed by atoms with van der Waals surface area (Å²) in [5.74, 6) is -0.767. The van der Waals surface area contributed by atoms with Crippen LogP contribution in [0.15, 0.2) is 51.5 Å². The van der Waals surface area contributed by atoms with E-state index in [1.54, 1.807) is 22.8 Å². The van der Waals surface area contributed by atoms with Crippen molar-refractivity contribution in [1.29, 1.82) is 0 Å². The van der Waals surface area contributed by atoms with Crippen LogP contribution in [0.25, 0.3) is 5.52 Å². The molecule has 0 atom stereocenters. The van der Waals surface area contributed by atoms with Crippen LogP contribution in [0.3, 0.4) is 0 Å². The molecule has 0 aliphatic carbocycles. The third-order valence-corrected chi connectivity index (χ3v) is 3.80. The standard InChI is InChI=1S/C14H8Br2FN3O/c15-8-2-4-11(12(17)5-8)14(21)18-13-6-10-3-1-9(16)7-20(10)19-13/h1-7H,(H,18,19,21). The van der Waals surface area contributed by atoms with Gasteiger partial charge in [-0.05, 0) is 46.3 Å². The summed E-state index contributed by atoms with van der Waals surface area (Å²) in [6.45, 7) is 0. The Morgan fingerprint density at radius 1 is 1.14 bits per heavy atom. The maximum Gasteiger partial charge on any atom is 0.259 e. The van der Waals surface area contributed by atoms with E-state index in [1.807, 2.05) is 12.1 Å². The largest absolute Gasteiger partial charge is 0.305 e. The molecule has 106 valence electrons. The molecule has 0 aliphatic rings. The highest BCUT2D eigenvalue weighted by molar-refractivity contribution is 9.10. The number of benzene rings is 1. The number of halogens is 3. The molecule has 0 spiro atoms. The van der Waals surface area contributed by atoms with Gasteiger partial charge in [-0.25, -0.2) is 8.91 Å². The van der Waals surface area contributed by atoms with Gasteiger partial charge in [0.05, 0.1) is 11.1 Å². The van der Waals surface area contributed by atoms with Crippen molar-refractivity contribution in [3.05, 3.63) is 62.9 Å². The first-order valence-electron chi connectivity index (χ1n) is 5.94. The summed E-state index contributed by atoms with van der Waals surface area (Å²) >= 11 is 6.49. The number of nitrogens with one attached hydrogen (secondary N) is 1. The second-order valence-corrected chi connectivity index (χ2v) is 6.16.